The summed E-state index contributed by atoms with van der Waals surface area (Å²) in [4.78, 5) is 26.5. The number of esters is 1. The standard InChI is InChI=1S/C22H18BrNO3/c23-19-8-6-17-11-20(9-7-16(17)10-19)27-22(26)18-12-21(25)24(14-18)13-15-4-2-1-3-5-15/h1-11,18H,12-14H2. The lowest BCUT2D eigenvalue weighted by Crippen LogP contribution is -2.27. The second-order valence-electron chi connectivity index (χ2n) is 6.74. The Balaban J connectivity index is 1.42. The molecule has 3 aromatic rings. The van der Waals surface area contributed by atoms with Crippen LogP contribution < -0.4 is 4.74 Å². The van der Waals surface area contributed by atoms with Crippen LogP contribution in [0.4, 0.5) is 0 Å². The number of benzene rings is 3. The molecule has 1 aliphatic heterocycles. The highest BCUT2D eigenvalue weighted by atomic mass is 79.9. The van der Waals surface area contributed by atoms with Crippen molar-refractivity contribution in [2.75, 3.05) is 6.54 Å². The van der Waals surface area contributed by atoms with E-state index in [2.05, 4.69) is 15.9 Å². The van der Waals surface area contributed by atoms with Gasteiger partial charge in [-0.1, -0.05) is 58.4 Å². The van der Waals surface area contributed by atoms with E-state index >= 15 is 0 Å². The topological polar surface area (TPSA) is 46.6 Å². The molecule has 5 heteroatoms. The van der Waals surface area contributed by atoms with Crippen molar-refractivity contribution in [1.29, 1.82) is 0 Å². The van der Waals surface area contributed by atoms with Gasteiger partial charge in [0.2, 0.25) is 5.91 Å². The van der Waals surface area contributed by atoms with Crippen LogP contribution in [0.1, 0.15) is 12.0 Å². The SMILES string of the molecule is O=C(Oc1ccc2cc(Br)ccc2c1)C1CC(=O)N(Cc2ccccc2)C1. The lowest BCUT2D eigenvalue weighted by Gasteiger charge is -2.16. The third kappa shape index (κ3) is 4.03. The first-order valence-corrected chi connectivity index (χ1v) is 9.60. The van der Waals surface area contributed by atoms with Gasteiger partial charge in [0.15, 0.2) is 0 Å². The lowest BCUT2D eigenvalue weighted by molar-refractivity contribution is -0.139. The monoisotopic (exact) mass is 423 g/mol. The molecule has 0 bridgehead atoms. The number of halogens is 1. The summed E-state index contributed by atoms with van der Waals surface area (Å²) in [6.45, 7) is 0.918. The molecule has 1 fully saturated rings. The fraction of sp³-hybridized carbons (Fsp3) is 0.182. The highest BCUT2D eigenvalue weighted by molar-refractivity contribution is 9.10. The van der Waals surface area contributed by atoms with E-state index < -0.39 is 5.92 Å². The number of nitrogens with zero attached hydrogens (tertiary/aromatic N) is 1. The second-order valence-corrected chi connectivity index (χ2v) is 7.65. The van der Waals surface area contributed by atoms with Crippen LogP contribution in [-0.4, -0.2) is 23.3 Å². The molecule has 0 saturated carbocycles. The Morgan fingerprint density at radius 1 is 1.04 bits per heavy atom. The van der Waals surface area contributed by atoms with Crippen molar-refractivity contribution in [3.8, 4) is 5.75 Å². The number of fused-ring (bicyclic) bond motifs is 1. The number of hydrogen-bond acceptors (Lipinski definition) is 3. The van der Waals surface area contributed by atoms with E-state index in [1.54, 1.807) is 11.0 Å². The molecule has 0 radical (unpaired) electrons. The molecule has 1 atom stereocenters. The fourth-order valence-corrected chi connectivity index (χ4v) is 3.72. The molecule has 4 rings (SSSR count). The Morgan fingerprint density at radius 2 is 1.78 bits per heavy atom. The zero-order valence-electron chi connectivity index (χ0n) is 14.6. The van der Waals surface area contributed by atoms with Gasteiger partial charge >= 0.3 is 5.97 Å². The number of ether oxygens (including phenoxy) is 1. The number of hydrogen-bond donors (Lipinski definition) is 0. The molecule has 0 N–H and O–H groups in total. The molecular formula is C22H18BrNO3. The van der Waals surface area contributed by atoms with Crippen LogP contribution in [0.3, 0.4) is 0 Å². The molecule has 0 spiro atoms. The number of carbonyl (C=O) groups excluding carboxylic acids is 2. The van der Waals surface area contributed by atoms with Gasteiger partial charge in [-0.25, -0.2) is 0 Å². The van der Waals surface area contributed by atoms with Crippen LogP contribution in [0.2, 0.25) is 0 Å². The van der Waals surface area contributed by atoms with Crippen LogP contribution in [0.25, 0.3) is 10.8 Å². The lowest BCUT2D eigenvalue weighted by atomic mass is 10.1. The Bertz CT molecular complexity index is 1000. The van der Waals surface area contributed by atoms with Gasteiger partial charge in [-0.2, -0.15) is 0 Å². The van der Waals surface area contributed by atoms with Crippen molar-refractivity contribution in [2.24, 2.45) is 5.92 Å². The molecule has 1 amide bonds. The van der Waals surface area contributed by atoms with Crippen molar-refractivity contribution in [3.63, 3.8) is 0 Å². The van der Waals surface area contributed by atoms with Crippen molar-refractivity contribution < 1.29 is 14.3 Å². The predicted molar refractivity (Wildman–Crippen MR) is 107 cm³/mol. The molecule has 3 aromatic carbocycles. The van der Waals surface area contributed by atoms with Crippen molar-refractivity contribution in [2.45, 2.75) is 13.0 Å². The quantitative estimate of drug-likeness (QED) is 0.456. The molecule has 0 aromatic heterocycles. The molecule has 1 unspecified atom stereocenters. The Kier molecular flexibility index (Phi) is 4.94. The summed E-state index contributed by atoms with van der Waals surface area (Å²) in [6, 6.07) is 21.3. The fourth-order valence-electron chi connectivity index (χ4n) is 3.34. The Morgan fingerprint density at radius 3 is 2.59 bits per heavy atom. The molecule has 1 heterocycles. The maximum Gasteiger partial charge on any atom is 0.316 e. The second kappa shape index (κ2) is 7.53. The van der Waals surface area contributed by atoms with Gasteiger partial charge in [0.25, 0.3) is 0 Å². The average Bonchev–Trinajstić information content (AvgIpc) is 3.03. The van der Waals surface area contributed by atoms with Gasteiger partial charge < -0.3 is 9.64 Å². The minimum absolute atomic E-state index is 0.0100. The molecular weight excluding hydrogens is 406 g/mol. The smallest absolute Gasteiger partial charge is 0.316 e. The van der Waals surface area contributed by atoms with Crippen LogP contribution in [0.15, 0.2) is 71.2 Å². The molecule has 1 aliphatic rings. The predicted octanol–water partition coefficient (Wildman–Crippen LogP) is 4.56. The summed E-state index contributed by atoms with van der Waals surface area (Å²) in [6.07, 6.45) is 0.201. The summed E-state index contributed by atoms with van der Waals surface area (Å²) in [5.41, 5.74) is 1.06. The minimum atomic E-state index is -0.429. The summed E-state index contributed by atoms with van der Waals surface area (Å²) in [5, 5.41) is 2.06. The minimum Gasteiger partial charge on any atom is -0.426 e. The van der Waals surface area contributed by atoms with E-state index in [-0.39, 0.29) is 18.3 Å². The zero-order valence-corrected chi connectivity index (χ0v) is 16.2. The van der Waals surface area contributed by atoms with Gasteiger partial charge in [-0.05, 0) is 40.6 Å². The van der Waals surface area contributed by atoms with Crippen LogP contribution in [0.5, 0.6) is 5.75 Å². The summed E-state index contributed by atoms with van der Waals surface area (Å²) >= 11 is 3.45. The van der Waals surface area contributed by atoms with E-state index in [1.807, 2.05) is 60.7 Å². The highest BCUT2D eigenvalue weighted by Gasteiger charge is 2.35. The molecule has 1 saturated heterocycles. The van der Waals surface area contributed by atoms with Gasteiger partial charge in [0.05, 0.1) is 5.92 Å². The number of rotatable bonds is 4. The van der Waals surface area contributed by atoms with E-state index in [0.29, 0.717) is 18.8 Å². The first-order chi connectivity index (χ1) is 13.1. The van der Waals surface area contributed by atoms with E-state index in [0.717, 1.165) is 20.8 Å². The zero-order chi connectivity index (χ0) is 18.8. The summed E-state index contributed by atoms with van der Waals surface area (Å²) in [7, 11) is 0. The van der Waals surface area contributed by atoms with Crippen LogP contribution >= 0.6 is 15.9 Å². The van der Waals surface area contributed by atoms with E-state index in [9.17, 15) is 9.59 Å². The van der Waals surface area contributed by atoms with Gasteiger partial charge in [0, 0.05) is 24.0 Å². The molecule has 4 nitrogen and oxygen atoms in total. The molecule has 136 valence electrons. The van der Waals surface area contributed by atoms with Crippen molar-refractivity contribution >= 4 is 38.6 Å². The van der Waals surface area contributed by atoms with Crippen molar-refractivity contribution in [3.05, 3.63) is 76.8 Å². The highest BCUT2D eigenvalue weighted by Crippen LogP contribution is 2.26. The summed E-state index contributed by atoms with van der Waals surface area (Å²) in [5.74, 6) is -0.287. The number of likely N-dealkylation sites (tertiary alicyclic amines) is 1. The first-order valence-electron chi connectivity index (χ1n) is 8.81. The van der Waals surface area contributed by atoms with Crippen molar-refractivity contribution in [1.82, 2.24) is 4.90 Å². The molecule has 0 aliphatic carbocycles. The third-order valence-corrected chi connectivity index (χ3v) is 5.25. The Labute approximate surface area is 165 Å². The largest absolute Gasteiger partial charge is 0.426 e. The van der Waals surface area contributed by atoms with Crippen LogP contribution in [0, 0.1) is 5.92 Å². The third-order valence-electron chi connectivity index (χ3n) is 4.76. The average molecular weight is 424 g/mol. The first kappa shape index (κ1) is 17.7. The van der Waals surface area contributed by atoms with E-state index in [1.165, 1.54) is 0 Å². The number of amides is 1. The van der Waals surface area contributed by atoms with Gasteiger partial charge in [-0.15, -0.1) is 0 Å². The Hall–Kier alpha value is -2.66. The summed E-state index contributed by atoms with van der Waals surface area (Å²) < 4.78 is 6.56. The van der Waals surface area contributed by atoms with Gasteiger partial charge in [0.1, 0.15) is 5.75 Å². The maximum absolute atomic E-state index is 12.5. The normalized spacial score (nSPS) is 16.7. The van der Waals surface area contributed by atoms with Crippen LogP contribution in [-0.2, 0) is 16.1 Å². The van der Waals surface area contributed by atoms with Gasteiger partial charge in [-0.3, -0.25) is 9.59 Å². The maximum atomic E-state index is 12.5. The van der Waals surface area contributed by atoms with E-state index in [4.69, 9.17) is 4.74 Å². The molecule has 27 heavy (non-hydrogen) atoms. The number of carbonyl (C=O) groups is 2.